The average Bonchev–Trinajstić information content (AvgIpc) is 2.26. The van der Waals surface area contributed by atoms with Gasteiger partial charge in [-0.3, -0.25) is 0 Å². The lowest BCUT2D eigenvalue weighted by Crippen LogP contribution is -1.88. The van der Waals surface area contributed by atoms with Crippen LogP contribution in [0.3, 0.4) is 0 Å². The second kappa shape index (κ2) is 6.85. The summed E-state index contributed by atoms with van der Waals surface area (Å²) >= 11 is 1.55. The molecule has 0 fully saturated rings. The van der Waals surface area contributed by atoms with E-state index in [9.17, 15) is 4.39 Å². The minimum absolute atomic E-state index is 0.0995. The molecular formula is C12H17FOS. The average molecular weight is 228 g/mol. The lowest BCUT2D eigenvalue weighted by molar-refractivity contribution is 0.281. The third-order valence-electron chi connectivity index (χ3n) is 2.18. The number of aliphatic hydroxyl groups is 1. The van der Waals surface area contributed by atoms with Gasteiger partial charge in [0.05, 0.1) is 6.61 Å². The minimum atomic E-state index is -0.219. The van der Waals surface area contributed by atoms with Gasteiger partial charge < -0.3 is 5.11 Å². The SMILES string of the molecule is CCCCCSc1ccc(CO)cc1F. The van der Waals surface area contributed by atoms with Crippen LogP contribution in [-0.2, 0) is 6.61 Å². The number of unbranched alkanes of at least 4 members (excludes halogenated alkanes) is 2. The monoisotopic (exact) mass is 228 g/mol. The van der Waals surface area contributed by atoms with Gasteiger partial charge in [0.1, 0.15) is 5.82 Å². The third-order valence-corrected chi connectivity index (χ3v) is 3.32. The van der Waals surface area contributed by atoms with Crippen LogP contribution in [0.15, 0.2) is 23.1 Å². The summed E-state index contributed by atoms with van der Waals surface area (Å²) in [6, 6.07) is 4.92. The number of halogens is 1. The first kappa shape index (κ1) is 12.5. The molecule has 0 amide bonds. The molecule has 0 aliphatic carbocycles. The van der Waals surface area contributed by atoms with Crippen LogP contribution >= 0.6 is 11.8 Å². The Bertz CT molecular complexity index is 302. The van der Waals surface area contributed by atoms with Gasteiger partial charge in [-0.25, -0.2) is 4.39 Å². The highest BCUT2D eigenvalue weighted by Crippen LogP contribution is 2.23. The van der Waals surface area contributed by atoms with Crippen LogP contribution in [0.2, 0.25) is 0 Å². The molecular weight excluding hydrogens is 211 g/mol. The second-order valence-corrected chi connectivity index (χ2v) is 4.62. The van der Waals surface area contributed by atoms with Gasteiger partial charge in [0, 0.05) is 4.90 Å². The summed E-state index contributed by atoms with van der Waals surface area (Å²) in [4.78, 5) is 0.684. The standard InChI is InChI=1S/C12H17FOS/c1-2-3-4-7-15-12-6-5-10(9-14)8-11(12)13/h5-6,8,14H,2-4,7,9H2,1H3. The molecule has 0 spiro atoms. The fourth-order valence-electron chi connectivity index (χ4n) is 1.29. The van der Waals surface area contributed by atoms with E-state index in [-0.39, 0.29) is 12.4 Å². The van der Waals surface area contributed by atoms with E-state index in [0.717, 1.165) is 12.2 Å². The molecule has 0 saturated carbocycles. The van der Waals surface area contributed by atoms with Crippen LogP contribution in [-0.4, -0.2) is 10.9 Å². The molecule has 0 radical (unpaired) electrons. The Kier molecular flexibility index (Phi) is 5.73. The highest BCUT2D eigenvalue weighted by Gasteiger charge is 2.03. The molecule has 0 unspecified atom stereocenters. The molecule has 3 heteroatoms. The van der Waals surface area contributed by atoms with E-state index in [1.165, 1.54) is 18.9 Å². The fraction of sp³-hybridized carbons (Fsp3) is 0.500. The largest absolute Gasteiger partial charge is 0.392 e. The van der Waals surface area contributed by atoms with Gasteiger partial charge in [0.15, 0.2) is 0 Å². The Morgan fingerprint density at radius 3 is 2.73 bits per heavy atom. The first-order valence-corrected chi connectivity index (χ1v) is 6.28. The molecule has 1 nitrogen and oxygen atoms in total. The van der Waals surface area contributed by atoms with Gasteiger partial charge in [-0.15, -0.1) is 11.8 Å². The van der Waals surface area contributed by atoms with Crippen molar-refractivity contribution < 1.29 is 9.50 Å². The zero-order chi connectivity index (χ0) is 11.1. The molecule has 0 bridgehead atoms. The summed E-state index contributed by atoms with van der Waals surface area (Å²) in [5.41, 5.74) is 0.630. The maximum atomic E-state index is 13.4. The van der Waals surface area contributed by atoms with Crippen molar-refractivity contribution in [2.24, 2.45) is 0 Å². The molecule has 1 N–H and O–H groups in total. The van der Waals surface area contributed by atoms with Crippen molar-refractivity contribution in [2.45, 2.75) is 37.7 Å². The van der Waals surface area contributed by atoms with Crippen LogP contribution in [0.4, 0.5) is 4.39 Å². The second-order valence-electron chi connectivity index (χ2n) is 3.48. The van der Waals surface area contributed by atoms with Crippen molar-refractivity contribution >= 4 is 11.8 Å². The number of thioether (sulfide) groups is 1. The molecule has 0 heterocycles. The lowest BCUT2D eigenvalue weighted by Gasteiger charge is -2.04. The van der Waals surface area contributed by atoms with Crippen molar-refractivity contribution in [1.82, 2.24) is 0 Å². The van der Waals surface area contributed by atoms with Gasteiger partial charge in [-0.05, 0) is 29.9 Å². The molecule has 84 valence electrons. The highest BCUT2D eigenvalue weighted by molar-refractivity contribution is 7.99. The summed E-state index contributed by atoms with van der Waals surface area (Å²) in [6.45, 7) is 2.05. The number of rotatable bonds is 6. The van der Waals surface area contributed by atoms with E-state index in [0.29, 0.717) is 10.5 Å². The van der Waals surface area contributed by atoms with E-state index in [1.807, 2.05) is 0 Å². The zero-order valence-electron chi connectivity index (χ0n) is 9.00. The van der Waals surface area contributed by atoms with E-state index >= 15 is 0 Å². The summed E-state index contributed by atoms with van der Waals surface area (Å²) in [5.74, 6) is 0.742. The maximum absolute atomic E-state index is 13.4. The Morgan fingerprint density at radius 2 is 2.13 bits per heavy atom. The van der Waals surface area contributed by atoms with E-state index < -0.39 is 0 Å². The maximum Gasteiger partial charge on any atom is 0.137 e. The van der Waals surface area contributed by atoms with Crippen LogP contribution in [0, 0.1) is 5.82 Å². The molecule has 0 atom stereocenters. The van der Waals surface area contributed by atoms with Crippen molar-refractivity contribution in [3.63, 3.8) is 0 Å². The van der Waals surface area contributed by atoms with Crippen molar-refractivity contribution in [2.75, 3.05) is 5.75 Å². The number of hydrogen-bond donors (Lipinski definition) is 1. The van der Waals surface area contributed by atoms with Crippen molar-refractivity contribution in [3.8, 4) is 0 Å². The van der Waals surface area contributed by atoms with Gasteiger partial charge in [-0.1, -0.05) is 25.8 Å². The summed E-state index contributed by atoms with van der Waals surface area (Å²) < 4.78 is 13.4. The Balaban J connectivity index is 2.47. The highest BCUT2D eigenvalue weighted by atomic mass is 32.2. The van der Waals surface area contributed by atoms with Gasteiger partial charge in [0.2, 0.25) is 0 Å². The first-order valence-electron chi connectivity index (χ1n) is 5.30. The Hall–Kier alpha value is -0.540. The molecule has 0 saturated heterocycles. The van der Waals surface area contributed by atoms with Crippen molar-refractivity contribution in [3.05, 3.63) is 29.6 Å². The molecule has 1 rings (SSSR count). The minimum Gasteiger partial charge on any atom is -0.392 e. The molecule has 1 aromatic rings. The predicted molar refractivity (Wildman–Crippen MR) is 62.6 cm³/mol. The Morgan fingerprint density at radius 1 is 1.33 bits per heavy atom. The van der Waals surface area contributed by atoms with E-state index in [2.05, 4.69) is 6.92 Å². The third kappa shape index (κ3) is 4.22. The predicted octanol–water partition coefficient (Wildman–Crippen LogP) is 3.60. The summed E-state index contributed by atoms with van der Waals surface area (Å²) in [7, 11) is 0. The topological polar surface area (TPSA) is 20.2 Å². The van der Waals surface area contributed by atoms with Crippen molar-refractivity contribution in [1.29, 1.82) is 0 Å². The number of hydrogen-bond acceptors (Lipinski definition) is 2. The summed E-state index contributed by atoms with van der Waals surface area (Å²) in [5, 5.41) is 8.83. The molecule has 0 aliphatic heterocycles. The first-order chi connectivity index (χ1) is 7.27. The molecule has 0 aromatic heterocycles. The van der Waals surface area contributed by atoms with Crippen LogP contribution < -0.4 is 0 Å². The van der Waals surface area contributed by atoms with Crippen LogP contribution in [0.25, 0.3) is 0 Å². The smallest absolute Gasteiger partial charge is 0.137 e. The quantitative estimate of drug-likeness (QED) is 0.593. The van der Waals surface area contributed by atoms with E-state index in [1.54, 1.807) is 23.9 Å². The van der Waals surface area contributed by atoms with Gasteiger partial charge >= 0.3 is 0 Å². The van der Waals surface area contributed by atoms with Gasteiger partial charge in [-0.2, -0.15) is 0 Å². The number of benzene rings is 1. The lowest BCUT2D eigenvalue weighted by atomic mass is 10.2. The zero-order valence-corrected chi connectivity index (χ0v) is 9.82. The molecule has 15 heavy (non-hydrogen) atoms. The van der Waals surface area contributed by atoms with Crippen LogP contribution in [0.5, 0.6) is 0 Å². The van der Waals surface area contributed by atoms with Crippen LogP contribution in [0.1, 0.15) is 31.7 Å². The fourth-order valence-corrected chi connectivity index (χ4v) is 2.22. The molecule has 0 aliphatic rings. The normalized spacial score (nSPS) is 10.6. The number of aliphatic hydroxyl groups excluding tert-OH is 1. The molecule has 1 aromatic carbocycles. The Labute approximate surface area is 94.7 Å². The van der Waals surface area contributed by atoms with Gasteiger partial charge in [0.25, 0.3) is 0 Å². The summed E-state index contributed by atoms with van der Waals surface area (Å²) in [6.07, 6.45) is 3.51. The van der Waals surface area contributed by atoms with E-state index in [4.69, 9.17) is 5.11 Å².